The minimum Gasteiger partial charge on any atom is -0.393 e. The van der Waals surface area contributed by atoms with Gasteiger partial charge in [0.15, 0.2) is 5.96 Å². The van der Waals surface area contributed by atoms with Crippen LogP contribution in [0.3, 0.4) is 0 Å². The van der Waals surface area contributed by atoms with Crippen molar-refractivity contribution in [2.75, 3.05) is 23.6 Å². The van der Waals surface area contributed by atoms with Crippen molar-refractivity contribution in [2.24, 2.45) is 4.99 Å². The summed E-state index contributed by atoms with van der Waals surface area (Å²) in [6.07, 6.45) is 2.98. The number of nitrogens with one attached hydrogen (secondary N) is 3. The van der Waals surface area contributed by atoms with E-state index < -0.39 is 15.8 Å². The quantitative estimate of drug-likeness (QED) is 0.412. The number of sulfonamides is 1. The van der Waals surface area contributed by atoms with Gasteiger partial charge >= 0.3 is 0 Å². The van der Waals surface area contributed by atoms with Crippen LogP contribution in [-0.2, 0) is 10.0 Å². The molecule has 0 spiro atoms. The molecule has 0 aliphatic heterocycles. The Kier molecular flexibility index (Phi) is 7.85. The molecule has 0 heterocycles. The standard InChI is InChI=1S/C18H29FN4O3S/c1-3-20-18(22-14-6-8-16(24)9-7-14)21-10-11-27(25,26)23-15-5-4-13(2)17(19)12-15/h4-5,12,14,16,23-24H,3,6-11H2,1-2H3,(H2,20,21,22). The molecule has 0 saturated heterocycles. The van der Waals surface area contributed by atoms with Crippen molar-refractivity contribution in [3.63, 3.8) is 0 Å². The fraction of sp³-hybridized carbons (Fsp3) is 0.611. The van der Waals surface area contributed by atoms with Gasteiger partial charge in [-0.3, -0.25) is 9.71 Å². The lowest BCUT2D eigenvalue weighted by atomic mass is 9.93. The number of aliphatic imine (C=N–C) groups is 1. The Hall–Kier alpha value is -1.87. The summed E-state index contributed by atoms with van der Waals surface area (Å²) in [4.78, 5) is 4.32. The van der Waals surface area contributed by atoms with Crippen molar-refractivity contribution in [1.29, 1.82) is 0 Å². The van der Waals surface area contributed by atoms with Gasteiger partial charge in [0.1, 0.15) is 5.82 Å². The van der Waals surface area contributed by atoms with Crippen molar-refractivity contribution in [2.45, 2.75) is 51.7 Å². The number of halogens is 1. The summed E-state index contributed by atoms with van der Waals surface area (Å²) in [5.41, 5.74) is 0.659. The maximum absolute atomic E-state index is 13.6. The van der Waals surface area contributed by atoms with Gasteiger partial charge < -0.3 is 15.7 Å². The predicted octanol–water partition coefficient (Wildman–Crippen LogP) is 1.73. The van der Waals surface area contributed by atoms with Gasteiger partial charge in [0.05, 0.1) is 24.1 Å². The van der Waals surface area contributed by atoms with Gasteiger partial charge in [-0.15, -0.1) is 0 Å². The Morgan fingerprint density at radius 3 is 2.63 bits per heavy atom. The molecule has 9 heteroatoms. The second-order valence-electron chi connectivity index (χ2n) is 6.80. The molecule has 0 radical (unpaired) electrons. The van der Waals surface area contributed by atoms with Gasteiger partial charge in [0.2, 0.25) is 10.0 Å². The third-order valence-corrected chi connectivity index (χ3v) is 5.72. The summed E-state index contributed by atoms with van der Waals surface area (Å²) in [7, 11) is -3.63. The monoisotopic (exact) mass is 400 g/mol. The minimum absolute atomic E-state index is 0.0777. The zero-order valence-electron chi connectivity index (χ0n) is 15.8. The molecule has 1 fully saturated rings. The zero-order chi connectivity index (χ0) is 19.9. The average Bonchev–Trinajstić information content (AvgIpc) is 2.60. The average molecular weight is 401 g/mol. The van der Waals surface area contributed by atoms with E-state index in [4.69, 9.17) is 0 Å². The van der Waals surface area contributed by atoms with Gasteiger partial charge in [0.25, 0.3) is 0 Å². The van der Waals surface area contributed by atoms with Crippen LogP contribution in [-0.4, -0.2) is 50.5 Å². The van der Waals surface area contributed by atoms with E-state index in [1.807, 2.05) is 6.92 Å². The highest BCUT2D eigenvalue weighted by molar-refractivity contribution is 7.92. The number of benzene rings is 1. The van der Waals surface area contributed by atoms with E-state index in [1.165, 1.54) is 18.2 Å². The smallest absolute Gasteiger partial charge is 0.234 e. The largest absolute Gasteiger partial charge is 0.393 e. The highest BCUT2D eigenvalue weighted by Crippen LogP contribution is 2.18. The number of anilines is 1. The van der Waals surface area contributed by atoms with Crippen LogP contribution in [0.4, 0.5) is 10.1 Å². The van der Waals surface area contributed by atoms with Crippen molar-refractivity contribution < 1.29 is 17.9 Å². The molecule has 1 aliphatic rings. The summed E-state index contributed by atoms with van der Waals surface area (Å²) in [6.45, 7) is 4.29. The molecule has 1 aliphatic carbocycles. The molecule has 152 valence electrons. The third kappa shape index (κ3) is 7.34. The van der Waals surface area contributed by atoms with Crippen LogP contribution in [0.1, 0.15) is 38.2 Å². The summed E-state index contributed by atoms with van der Waals surface area (Å²) in [5.74, 6) is -0.0949. The topological polar surface area (TPSA) is 103 Å². The lowest BCUT2D eigenvalue weighted by molar-refractivity contribution is 0.120. The number of aryl methyl sites for hydroxylation is 1. The van der Waals surface area contributed by atoms with Gasteiger partial charge in [0, 0.05) is 12.6 Å². The number of hydrogen-bond acceptors (Lipinski definition) is 4. The molecule has 0 bridgehead atoms. The zero-order valence-corrected chi connectivity index (χ0v) is 16.7. The maximum atomic E-state index is 13.6. The van der Waals surface area contributed by atoms with E-state index >= 15 is 0 Å². The van der Waals surface area contributed by atoms with Crippen molar-refractivity contribution in [1.82, 2.24) is 10.6 Å². The Morgan fingerprint density at radius 1 is 1.30 bits per heavy atom. The number of rotatable bonds is 7. The van der Waals surface area contributed by atoms with E-state index in [-0.39, 0.29) is 30.1 Å². The van der Waals surface area contributed by atoms with Crippen LogP contribution in [0, 0.1) is 12.7 Å². The molecule has 0 unspecified atom stereocenters. The predicted molar refractivity (Wildman–Crippen MR) is 106 cm³/mol. The highest BCUT2D eigenvalue weighted by Gasteiger charge is 2.20. The number of aliphatic hydroxyl groups excluding tert-OH is 1. The van der Waals surface area contributed by atoms with E-state index in [1.54, 1.807) is 6.92 Å². The number of aliphatic hydroxyl groups is 1. The molecule has 1 saturated carbocycles. The third-order valence-electron chi connectivity index (χ3n) is 4.46. The first kappa shape index (κ1) is 21.4. The first-order chi connectivity index (χ1) is 12.8. The van der Waals surface area contributed by atoms with Gasteiger partial charge in [-0.2, -0.15) is 0 Å². The molecule has 27 heavy (non-hydrogen) atoms. The molecule has 2 rings (SSSR count). The molecule has 1 aromatic rings. The van der Waals surface area contributed by atoms with Gasteiger partial charge in [-0.05, 0) is 57.2 Å². The van der Waals surface area contributed by atoms with Gasteiger partial charge in [-0.1, -0.05) is 6.07 Å². The Morgan fingerprint density at radius 2 is 2.00 bits per heavy atom. The molecule has 7 nitrogen and oxygen atoms in total. The van der Waals surface area contributed by atoms with Crippen molar-refractivity contribution >= 4 is 21.7 Å². The normalized spacial score (nSPS) is 21.0. The lowest BCUT2D eigenvalue weighted by Crippen LogP contribution is -2.45. The first-order valence-electron chi connectivity index (χ1n) is 9.28. The number of nitrogens with zero attached hydrogens (tertiary/aromatic N) is 1. The molecular formula is C18H29FN4O3S. The second kappa shape index (κ2) is 9.89. The summed E-state index contributed by atoms with van der Waals surface area (Å²) >= 11 is 0. The summed E-state index contributed by atoms with van der Waals surface area (Å²) < 4.78 is 40.3. The Labute approximate surface area is 160 Å². The minimum atomic E-state index is -3.63. The van der Waals surface area contributed by atoms with Crippen LogP contribution in [0.2, 0.25) is 0 Å². The second-order valence-corrected chi connectivity index (χ2v) is 8.64. The molecule has 0 amide bonds. The number of guanidine groups is 1. The molecule has 4 N–H and O–H groups in total. The van der Waals surface area contributed by atoms with E-state index in [0.717, 1.165) is 25.7 Å². The highest BCUT2D eigenvalue weighted by atomic mass is 32.2. The molecule has 1 aromatic carbocycles. The lowest BCUT2D eigenvalue weighted by Gasteiger charge is -2.27. The maximum Gasteiger partial charge on any atom is 0.234 e. The van der Waals surface area contributed by atoms with Crippen molar-refractivity contribution in [3.05, 3.63) is 29.6 Å². The van der Waals surface area contributed by atoms with E-state index in [2.05, 4.69) is 20.3 Å². The van der Waals surface area contributed by atoms with Crippen LogP contribution in [0.25, 0.3) is 0 Å². The Balaban J connectivity index is 1.89. The fourth-order valence-corrected chi connectivity index (χ4v) is 3.82. The fourth-order valence-electron chi connectivity index (χ4n) is 2.90. The number of hydrogen-bond donors (Lipinski definition) is 4. The Bertz CT molecular complexity index is 747. The summed E-state index contributed by atoms with van der Waals surface area (Å²) in [6, 6.07) is 4.44. The molecular weight excluding hydrogens is 371 g/mol. The van der Waals surface area contributed by atoms with Crippen molar-refractivity contribution in [3.8, 4) is 0 Å². The SMILES string of the molecule is CCNC(=NCCS(=O)(=O)Nc1ccc(C)c(F)c1)NC1CCC(O)CC1. The molecule has 0 atom stereocenters. The van der Waals surface area contributed by atoms with Crippen LogP contribution in [0.15, 0.2) is 23.2 Å². The van der Waals surface area contributed by atoms with Crippen LogP contribution < -0.4 is 15.4 Å². The van der Waals surface area contributed by atoms with Crippen LogP contribution >= 0.6 is 0 Å². The van der Waals surface area contributed by atoms with Crippen LogP contribution in [0.5, 0.6) is 0 Å². The van der Waals surface area contributed by atoms with Gasteiger partial charge in [-0.25, -0.2) is 12.8 Å². The van der Waals surface area contributed by atoms with E-state index in [9.17, 15) is 17.9 Å². The van der Waals surface area contributed by atoms with E-state index in [0.29, 0.717) is 18.1 Å². The molecule has 0 aromatic heterocycles. The first-order valence-corrected chi connectivity index (χ1v) is 10.9. The summed E-state index contributed by atoms with van der Waals surface area (Å²) in [5, 5.41) is 16.0.